The second-order valence-electron chi connectivity index (χ2n) is 7.12. The third kappa shape index (κ3) is 2.71. The Hall–Kier alpha value is -3.04. The van der Waals surface area contributed by atoms with E-state index < -0.39 is 0 Å². The Morgan fingerprint density at radius 1 is 0.857 bits per heavy atom. The minimum absolute atomic E-state index is 0.168. The number of halogens is 1. The van der Waals surface area contributed by atoms with Gasteiger partial charge >= 0.3 is 0 Å². The number of hydrogen-bond donors (Lipinski definition) is 0. The van der Waals surface area contributed by atoms with Crippen molar-refractivity contribution in [1.29, 1.82) is 0 Å². The Balaban J connectivity index is 1.73. The van der Waals surface area contributed by atoms with Crippen molar-refractivity contribution in [3.05, 3.63) is 89.9 Å². The number of thiophene rings is 1. The van der Waals surface area contributed by atoms with Gasteiger partial charge in [-0.3, -0.25) is 4.98 Å². The molecule has 28 heavy (non-hydrogen) atoms. The molecule has 0 N–H and O–H groups in total. The van der Waals surface area contributed by atoms with Crippen molar-refractivity contribution in [2.24, 2.45) is 0 Å². The van der Waals surface area contributed by atoms with E-state index in [0.717, 1.165) is 31.8 Å². The maximum Gasteiger partial charge on any atom is 0.126 e. The molecule has 0 saturated carbocycles. The predicted molar refractivity (Wildman–Crippen MR) is 117 cm³/mol. The lowest BCUT2D eigenvalue weighted by atomic mass is 9.99. The Morgan fingerprint density at radius 3 is 2.61 bits per heavy atom. The summed E-state index contributed by atoms with van der Waals surface area (Å²) in [6, 6.07) is 22.3. The molecule has 0 aliphatic carbocycles. The first-order valence-electron chi connectivity index (χ1n) is 9.25. The molecule has 0 atom stereocenters. The van der Waals surface area contributed by atoms with Crippen molar-refractivity contribution in [2.75, 3.05) is 0 Å². The number of rotatable bonds is 2. The molecule has 0 saturated heterocycles. The molecular weight excluding hydrogens is 365 g/mol. The lowest BCUT2D eigenvalue weighted by Crippen LogP contribution is -1.86. The number of hydrogen-bond acceptors (Lipinski definition) is 2. The maximum absolute atomic E-state index is 14.0. The molecule has 2 aromatic heterocycles. The van der Waals surface area contributed by atoms with Crippen LogP contribution >= 0.6 is 11.3 Å². The summed E-state index contributed by atoms with van der Waals surface area (Å²) < 4.78 is 15.2. The fourth-order valence-electron chi connectivity index (χ4n) is 3.82. The zero-order valence-corrected chi connectivity index (χ0v) is 16.5. The molecule has 0 radical (unpaired) electrons. The van der Waals surface area contributed by atoms with Gasteiger partial charge in [0.25, 0.3) is 0 Å². The molecule has 0 unspecified atom stereocenters. The van der Waals surface area contributed by atoms with Crippen LogP contribution in [0.2, 0.25) is 0 Å². The molecule has 0 fully saturated rings. The van der Waals surface area contributed by atoms with Crippen LogP contribution in [0.3, 0.4) is 0 Å². The molecule has 2 heterocycles. The molecule has 5 aromatic rings. The highest BCUT2D eigenvalue weighted by Crippen LogP contribution is 2.40. The molecule has 5 rings (SSSR count). The highest BCUT2D eigenvalue weighted by atomic mass is 32.1. The second kappa shape index (κ2) is 6.54. The van der Waals surface area contributed by atoms with Crippen LogP contribution in [-0.4, -0.2) is 4.98 Å². The standard InChI is InChI=1S/C25H18FNS/c1-15-12-19(13-17-6-3-4-7-20(15)17)24-25-18(10-11-27-24)14-23(28-25)21-8-5-9-22(26)16(21)2/h3-14H,1-2H3. The van der Waals surface area contributed by atoms with Crippen molar-refractivity contribution < 1.29 is 4.39 Å². The summed E-state index contributed by atoms with van der Waals surface area (Å²) >= 11 is 1.68. The highest BCUT2D eigenvalue weighted by molar-refractivity contribution is 7.22. The fraction of sp³-hybridized carbons (Fsp3) is 0.0800. The maximum atomic E-state index is 14.0. The van der Waals surface area contributed by atoms with Crippen molar-refractivity contribution >= 4 is 32.2 Å². The summed E-state index contributed by atoms with van der Waals surface area (Å²) in [4.78, 5) is 5.78. The molecule has 136 valence electrons. The van der Waals surface area contributed by atoms with Crippen molar-refractivity contribution in [3.8, 4) is 21.7 Å². The highest BCUT2D eigenvalue weighted by Gasteiger charge is 2.14. The average Bonchev–Trinajstić information content (AvgIpc) is 3.14. The van der Waals surface area contributed by atoms with E-state index in [9.17, 15) is 4.39 Å². The number of benzene rings is 3. The number of pyridine rings is 1. The third-order valence-electron chi connectivity index (χ3n) is 5.31. The minimum Gasteiger partial charge on any atom is -0.255 e. The van der Waals surface area contributed by atoms with Gasteiger partial charge in [-0.2, -0.15) is 0 Å². The zero-order valence-electron chi connectivity index (χ0n) is 15.7. The topological polar surface area (TPSA) is 12.9 Å². The molecule has 0 aliphatic heterocycles. The SMILES string of the molecule is Cc1c(F)cccc1-c1cc2ccnc(-c3cc(C)c4ccccc4c3)c2s1. The Bertz CT molecular complexity index is 1350. The fourth-order valence-corrected chi connectivity index (χ4v) is 5.07. The van der Waals surface area contributed by atoms with E-state index in [2.05, 4.69) is 49.4 Å². The largest absolute Gasteiger partial charge is 0.255 e. The van der Waals surface area contributed by atoms with Crippen LogP contribution in [-0.2, 0) is 0 Å². The first-order valence-corrected chi connectivity index (χ1v) is 10.1. The Morgan fingerprint density at radius 2 is 1.71 bits per heavy atom. The minimum atomic E-state index is -0.168. The molecule has 0 aliphatic rings. The second-order valence-corrected chi connectivity index (χ2v) is 8.17. The lowest BCUT2D eigenvalue weighted by molar-refractivity contribution is 0.619. The van der Waals surface area contributed by atoms with Gasteiger partial charge in [0.1, 0.15) is 5.82 Å². The van der Waals surface area contributed by atoms with Gasteiger partial charge in [0.2, 0.25) is 0 Å². The molecule has 1 nitrogen and oxygen atoms in total. The van der Waals surface area contributed by atoms with E-state index in [1.54, 1.807) is 17.4 Å². The van der Waals surface area contributed by atoms with Crippen LogP contribution in [0.1, 0.15) is 11.1 Å². The molecule has 0 spiro atoms. The molecule has 0 amide bonds. The number of aryl methyl sites for hydroxylation is 1. The van der Waals surface area contributed by atoms with Crippen molar-refractivity contribution in [2.45, 2.75) is 13.8 Å². The van der Waals surface area contributed by atoms with E-state index in [-0.39, 0.29) is 5.82 Å². The summed E-state index contributed by atoms with van der Waals surface area (Å²) in [6.07, 6.45) is 1.86. The first kappa shape index (κ1) is 17.1. The van der Waals surface area contributed by atoms with Gasteiger partial charge in [0, 0.05) is 16.6 Å². The van der Waals surface area contributed by atoms with Gasteiger partial charge in [0.15, 0.2) is 0 Å². The smallest absolute Gasteiger partial charge is 0.126 e. The number of aromatic nitrogens is 1. The van der Waals surface area contributed by atoms with Gasteiger partial charge < -0.3 is 0 Å². The summed E-state index contributed by atoms with van der Waals surface area (Å²) in [5.74, 6) is -0.168. The third-order valence-corrected chi connectivity index (χ3v) is 6.50. The van der Waals surface area contributed by atoms with E-state index in [1.807, 2.05) is 25.3 Å². The Kier molecular flexibility index (Phi) is 3.99. The van der Waals surface area contributed by atoms with E-state index in [1.165, 1.54) is 22.4 Å². The average molecular weight is 383 g/mol. The zero-order chi connectivity index (χ0) is 19.3. The van der Waals surface area contributed by atoms with Gasteiger partial charge in [0.05, 0.1) is 10.4 Å². The summed E-state index contributed by atoms with van der Waals surface area (Å²) in [6.45, 7) is 3.98. The van der Waals surface area contributed by atoms with Gasteiger partial charge in [-0.25, -0.2) is 4.39 Å². The van der Waals surface area contributed by atoms with E-state index >= 15 is 0 Å². The summed E-state index contributed by atoms with van der Waals surface area (Å²) in [5, 5.41) is 3.62. The Labute approximate surface area is 167 Å². The van der Waals surface area contributed by atoms with Crippen molar-refractivity contribution in [1.82, 2.24) is 4.98 Å². The number of nitrogens with zero attached hydrogens (tertiary/aromatic N) is 1. The van der Waals surface area contributed by atoms with Crippen LogP contribution in [0.4, 0.5) is 4.39 Å². The molecule has 0 bridgehead atoms. The van der Waals surface area contributed by atoms with Crippen LogP contribution in [0.25, 0.3) is 42.6 Å². The van der Waals surface area contributed by atoms with Crippen LogP contribution in [0.15, 0.2) is 72.9 Å². The molecule has 3 heteroatoms. The van der Waals surface area contributed by atoms with E-state index in [0.29, 0.717) is 5.56 Å². The monoisotopic (exact) mass is 383 g/mol. The van der Waals surface area contributed by atoms with Gasteiger partial charge in [-0.15, -0.1) is 11.3 Å². The summed E-state index contributed by atoms with van der Waals surface area (Å²) in [7, 11) is 0. The normalized spacial score (nSPS) is 11.4. The number of fused-ring (bicyclic) bond motifs is 2. The van der Waals surface area contributed by atoms with Crippen molar-refractivity contribution in [3.63, 3.8) is 0 Å². The summed E-state index contributed by atoms with van der Waals surface area (Å²) in [5.41, 5.74) is 4.97. The quantitative estimate of drug-likeness (QED) is 0.307. The van der Waals surface area contributed by atoms with E-state index in [4.69, 9.17) is 4.98 Å². The molecule has 3 aromatic carbocycles. The van der Waals surface area contributed by atoms with Crippen LogP contribution < -0.4 is 0 Å². The first-order chi connectivity index (χ1) is 13.6. The van der Waals surface area contributed by atoms with Gasteiger partial charge in [-0.1, -0.05) is 36.4 Å². The van der Waals surface area contributed by atoms with Crippen LogP contribution in [0, 0.1) is 19.7 Å². The predicted octanol–water partition coefficient (Wildman–Crippen LogP) is 7.54. The van der Waals surface area contributed by atoms with Gasteiger partial charge in [-0.05, 0) is 77.0 Å². The van der Waals surface area contributed by atoms with Crippen LogP contribution in [0.5, 0.6) is 0 Å². The lowest BCUT2D eigenvalue weighted by Gasteiger charge is -2.08. The molecular formula is C25H18FNS.